The van der Waals surface area contributed by atoms with E-state index in [1.54, 1.807) is 0 Å². The number of rotatable bonds is 3. The van der Waals surface area contributed by atoms with Crippen molar-refractivity contribution < 1.29 is 19.1 Å². The van der Waals surface area contributed by atoms with Crippen LogP contribution in [-0.4, -0.2) is 40.5 Å². The fourth-order valence-electron chi connectivity index (χ4n) is 4.28. The predicted octanol–water partition coefficient (Wildman–Crippen LogP) is 2.30. The van der Waals surface area contributed by atoms with Gasteiger partial charge in [0.25, 0.3) is 0 Å². The van der Waals surface area contributed by atoms with Crippen molar-refractivity contribution >= 4 is 22.8 Å². The maximum atomic E-state index is 11.7. The molecule has 6 heteroatoms. The Hall–Kier alpha value is -2.34. The summed E-state index contributed by atoms with van der Waals surface area (Å²) in [6, 6.07) is 8.01. The Morgan fingerprint density at radius 2 is 2.08 bits per heavy atom. The van der Waals surface area contributed by atoms with Crippen LogP contribution in [0.4, 0.5) is 0 Å². The highest BCUT2D eigenvalue weighted by Gasteiger charge is 2.51. The molecule has 2 fully saturated rings. The van der Waals surface area contributed by atoms with Gasteiger partial charge in [0.1, 0.15) is 11.3 Å². The van der Waals surface area contributed by atoms with Crippen molar-refractivity contribution in [3.8, 4) is 0 Å². The molecule has 1 atom stereocenters. The molecule has 0 saturated carbocycles. The van der Waals surface area contributed by atoms with E-state index in [2.05, 4.69) is 23.2 Å². The van der Waals surface area contributed by atoms with Crippen LogP contribution in [0.1, 0.15) is 30.6 Å². The first-order valence-corrected chi connectivity index (χ1v) is 8.72. The zero-order valence-electron chi connectivity index (χ0n) is 14.2. The molecule has 0 radical (unpaired) electrons. The first-order valence-electron chi connectivity index (χ1n) is 8.72. The number of benzene rings is 1. The number of hydrogen-bond donors (Lipinski definition) is 2. The van der Waals surface area contributed by atoms with Crippen LogP contribution in [0.5, 0.6) is 0 Å². The molecule has 4 rings (SSSR count). The molecule has 2 aliphatic heterocycles. The Bertz CT molecular complexity index is 833. The van der Waals surface area contributed by atoms with E-state index < -0.39 is 17.4 Å². The molecule has 1 aromatic heterocycles. The maximum absolute atomic E-state index is 11.7. The molecule has 0 aliphatic carbocycles. The van der Waals surface area contributed by atoms with Gasteiger partial charge in [-0.05, 0) is 31.4 Å². The molecule has 2 saturated heterocycles. The second-order valence-corrected chi connectivity index (χ2v) is 7.22. The summed E-state index contributed by atoms with van der Waals surface area (Å²) in [5.74, 6) is -0.675. The number of piperidine rings is 1. The second-order valence-electron chi connectivity index (χ2n) is 7.22. The summed E-state index contributed by atoms with van der Waals surface area (Å²) in [5, 5.41) is 13.5. The van der Waals surface area contributed by atoms with Crippen molar-refractivity contribution in [2.45, 2.75) is 38.3 Å². The smallest absolute Gasteiger partial charge is 0.309 e. The molecule has 1 spiro atoms. The van der Waals surface area contributed by atoms with Gasteiger partial charge in [-0.2, -0.15) is 0 Å². The van der Waals surface area contributed by atoms with E-state index in [4.69, 9.17) is 4.42 Å². The molecule has 2 N–H and O–H groups in total. The van der Waals surface area contributed by atoms with Crippen molar-refractivity contribution in [1.82, 2.24) is 10.2 Å². The van der Waals surface area contributed by atoms with E-state index in [1.165, 1.54) is 0 Å². The van der Waals surface area contributed by atoms with Crippen LogP contribution in [0.3, 0.4) is 0 Å². The molecule has 0 bridgehead atoms. The third-order valence-corrected chi connectivity index (χ3v) is 5.80. The van der Waals surface area contributed by atoms with E-state index in [9.17, 15) is 14.7 Å². The standard InChI is InChI=1S/C19H22N2O4/c1-12-13-4-2-3-5-15(13)25-16(12)11-21-8-6-19(7-9-21)14(18(23)24)10-17(22)20-19/h2-5,14H,6-11H2,1H3,(H,20,22)(H,23,24)/t14-/m0/s1. The van der Waals surface area contributed by atoms with Gasteiger partial charge >= 0.3 is 5.97 Å². The van der Waals surface area contributed by atoms with Crippen LogP contribution >= 0.6 is 0 Å². The SMILES string of the molecule is Cc1c(CN2CCC3(CC2)NC(=O)C[C@H]3C(=O)O)oc2ccccc12. The number of nitrogens with one attached hydrogen (secondary N) is 1. The average Bonchev–Trinajstić information content (AvgIpc) is 3.08. The Kier molecular flexibility index (Phi) is 3.80. The van der Waals surface area contributed by atoms with Gasteiger partial charge in [0, 0.05) is 24.9 Å². The number of carbonyl (C=O) groups excluding carboxylic acids is 1. The summed E-state index contributed by atoms with van der Waals surface area (Å²) in [6.45, 7) is 4.29. The van der Waals surface area contributed by atoms with Gasteiger partial charge in [-0.15, -0.1) is 0 Å². The molecular formula is C19H22N2O4. The fourth-order valence-corrected chi connectivity index (χ4v) is 4.28. The number of likely N-dealkylation sites (tertiary alicyclic amines) is 1. The molecule has 1 aromatic carbocycles. The quantitative estimate of drug-likeness (QED) is 0.894. The molecular weight excluding hydrogens is 320 g/mol. The molecule has 132 valence electrons. The molecule has 2 aliphatic rings. The monoisotopic (exact) mass is 342 g/mol. The topological polar surface area (TPSA) is 82.8 Å². The number of furan rings is 1. The van der Waals surface area contributed by atoms with E-state index in [0.717, 1.165) is 35.4 Å². The van der Waals surface area contributed by atoms with Crippen LogP contribution in [-0.2, 0) is 16.1 Å². The number of carboxylic acid groups (broad SMARTS) is 1. The van der Waals surface area contributed by atoms with Crippen molar-refractivity contribution in [2.75, 3.05) is 13.1 Å². The lowest BCUT2D eigenvalue weighted by molar-refractivity contribution is -0.144. The highest BCUT2D eigenvalue weighted by atomic mass is 16.4. The molecule has 6 nitrogen and oxygen atoms in total. The molecule has 3 heterocycles. The number of fused-ring (bicyclic) bond motifs is 1. The molecule has 1 amide bonds. The van der Waals surface area contributed by atoms with Crippen LogP contribution in [0.15, 0.2) is 28.7 Å². The maximum Gasteiger partial charge on any atom is 0.309 e. The summed E-state index contributed by atoms with van der Waals surface area (Å²) < 4.78 is 5.99. The minimum Gasteiger partial charge on any atom is -0.481 e. The second kappa shape index (κ2) is 5.88. The Morgan fingerprint density at radius 3 is 2.76 bits per heavy atom. The van der Waals surface area contributed by atoms with Crippen molar-refractivity contribution in [1.29, 1.82) is 0 Å². The lowest BCUT2D eigenvalue weighted by atomic mass is 9.77. The summed E-state index contributed by atoms with van der Waals surface area (Å²) in [5.41, 5.74) is 1.48. The average molecular weight is 342 g/mol. The van der Waals surface area contributed by atoms with Gasteiger partial charge in [0.15, 0.2) is 0 Å². The lowest BCUT2D eigenvalue weighted by Crippen LogP contribution is -2.55. The minimum atomic E-state index is -0.875. The highest BCUT2D eigenvalue weighted by molar-refractivity contribution is 5.88. The van der Waals surface area contributed by atoms with E-state index >= 15 is 0 Å². The van der Waals surface area contributed by atoms with Gasteiger partial charge in [-0.1, -0.05) is 18.2 Å². The number of aryl methyl sites for hydroxylation is 1. The lowest BCUT2D eigenvalue weighted by Gasteiger charge is -2.41. The number of hydrogen-bond acceptors (Lipinski definition) is 4. The zero-order chi connectivity index (χ0) is 17.6. The third kappa shape index (κ3) is 2.70. The summed E-state index contributed by atoms with van der Waals surface area (Å²) in [4.78, 5) is 25.5. The first kappa shape index (κ1) is 16.1. The van der Waals surface area contributed by atoms with Crippen LogP contribution in [0, 0.1) is 12.8 Å². The number of carbonyl (C=O) groups is 2. The normalized spacial score (nSPS) is 23.2. The minimum absolute atomic E-state index is 0.0953. The van der Waals surface area contributed by atoms with Crippen LogP contribution in [0.25, 0.3) is 11.0 Å². The van der Waals surface area contributed by atoms with Crippen molar-refractivity contribution in [3.63, 3.8) is 0 Å². The highest BCUT2D eigenvalue weighted by Crippen LogP contribution is 2.37. The Balaban J connectivity index is 1.48. The Labute approximate surface area is 145 Å². The fraction of sp³-hybridized carbons (Fsp3) is 0.474. The van der Waals surface area contributed by atoms with Gasteiger partial charge in [-0.25, -0.2) is 0 Å². The number of carboxylic acids is 1. The van der Waals surface area contributed by atoms with Gasteiger partial charge in [0.2, 0.25) is 5.91 Å². The zero-order valence-corrected chi connectivity index (χ0v) is 14.2. The predicted molar refractivity (Wildman–Crippen MR) is 92.1 cm³/mol. The number of nitrogens with zero attached hydrogens (tertiary/aromatic N) is 1. The van der Waals surface area contributed by atoms with Gasteiger partial charge in [0.05, 0.1) is 18.0 Å². The van der Waals surface area contributed by atoms with Crippen LogP contribution < -0.4 is 5.32 Å². The van der Waals surface area contributed by atoms with E-state index in [1.807, 2.05) is 18.2 Å². The summed E-state index contributed by atoms with van der Waals surface area (Å²) >= 11 is 0. The van der Waals surface area contributed by atoms with E-state index in [0.29, 0.717) is 19.4 Å². The van der Waals surface area contributed by atoms with Gasteiger partial charge in [-0.3, -0.25) is 14.5 Å². The summed E-state index contributed by atoms with van der Waals surface area (Å²) in [6.07, 6.45) is 1.42. The number of aliphatic carboxylic acids is 1. The van der Waals surface area contributed by atoms with Crippen LogP contribution in [0.2, 0.25) is 0 Å². The van der Waals surface area contributed by atoms with Crippen molar-refractivity contribution in [3.05, 3.63) is 35.6 Å². The van der Waals surface area contributed by atoms with Crippen molar-refractivity contribution in [2.24, 2.45) is 5.92 Å². The molecule has 0 unspecified atom stereocenters. The number of para-hydroxylation sites is 1. The van der Waals surface area contributed by atoms with E-state index in [-0.39, 0.29) is 12.3 Å². The van der Waals surface area contributed by atoms with Gasteiger partial charge < -0.3 is 14.8 Å². The Morgan fingerprint density at radius 1 is 1.36 bits per heavy atom. The third-order valence-electron chi connectivity index (χ3n) is 5.80. The first-order chi connectivity index (χ1) is 12.0. The molecule has 2 aromatic rings. The molecule has 25 heavy (non-hydrogen) atoms. The summed E-state index contributed by atoms with van der Waals surface area (Å²) in [7, 11) is 0. The number of amides is 1. The largest absolute Gasteiger partial charge is 0.481 e.